The van der Waals surface area contributed by atoms with Crippen LogP contribution in [0.2, 0.25) is 0 Å². The maximum absolute atomic E-state index is 12.4. The molecule has 0 bridgehead atoms. The number of rotatable bonds is 7. The summed E-state index contributed by atoms with van der Waals surface area (Å²) in [5.41, 5.74) is 1.07. The van der Waals surface area contributed by atoms with Crippen LogP contribution in [-0.4, -0.2) is 45.8 Å². The van der Waals surface area contributed by atoms with E-state index in [0.717, 1.165) is 36.5 Å². The van der Waals surface area contributed by atoms with Gasteiger partial charge in [0.15, 0.2) is 0 Å². The summed E-state index contributed by atoms with van der Waals surface area (Å²) in [7, 11) is 3.99. The van der Waals surface area contributed by atoms with Crippen LogP contribution in [0.1, 0.15) is 50.5 Å². The second-order valence-electron chi connectivity index (χ2n) is 7.44. The molecule has 2 fully saturated rings. The van der Waals surface area contributed by atoms with Crippen molar-refractivity contribution in [1.29, 1.82) is 0 Å². The van der Waals surface area contributed by atoms with E-state index >= 15 is 0 Å². The molecule has 3 rings (SSSR count). The summed E-state index contributed by atoms with van der Waals surface area (Å²) < 4.78 is 0. The maximum Gasteiger partial charge on any atom is 0.228 e. The zero-order chi connectivity index (χ0) is 19.1. The van der Waals surface area contributed by atoms with Crippen LogP contribution in [0.15, 0.2) is 18.3 Å². The summed E-state index contributed by atoms with van der Waals surface area (Å²) in [6, 6.07) is 3.77. The van der Waals surface area contributed by atoms with Gasteiger partial charge in [-0.05, 0) is 50.7 Å². The van der Waals surface area contributed by atoms with Crippen molar-refractivity contribution in [1.82, 2.24) is 9.88 Å². The number of pyridine rings is 1. The minimum atomic E-state index is -0.0333. The fourth-order valence-corrected chi connectivity index (χ4v) is 6.56. The predicted octanol–water partition coefficient (Wildman–Crippen LogP) is 4.28. The van der Waals surface area contributed by atoms with Crippen LogP contribution >= 0.6 is 21.6 Å². The normalized spacial score (nSPS) is 20.6. The van der Waals surface area contributed by atoms with Gasteiger partial charge in [-0.3, -0.25) is 9.59 Å². The molecule has 2 aliphatic rings. The number of aromatic nitrogens is 1. The lowest BCUT2D eigenvalue weighted by atomic mass is 9.95. The molecule has 0 spiro atoms. The molecule has 1 N–H and O–H groups in total. The van der Waals surface area contributed by atoms with Crippen molar-refractivity contribution in [3.8, 4) is 0 Å². The maximum atomic E-state index is 12.4. The highest BCUT2D eigenvalue weighted by Crippen LogP contribution is 2.39. The topological polar surface area (TPSA) is 62.3 Å². The number of anilines is 1. The summed E-state index contributed by atoms with van der Waals surface area (Å²) in [4.78, 5) is 31.0. The Morgan fingerprint density at radius 1 is 1.22 bits per heavy atom. The first-order chi connectivity index (χ1) is 13.1. The van der Waals surface area contributed by atoms with Crippen LogP contribution in [0.4, 0.5) is 5.82 Å². The van der Waals surface area contributed by atoms with Crippen molar-refractivity contribution in [3.63, 3.8) is 0 Å². The lowest BCUT2D eigenvalue weighted by molar-refractivity contribution is -0.134. The van der Waals surface area contributed by atoms with Crippen LogP contribution in [0.25, 0.3) is 0 Å². The van der Waals surface area contributed by atoms with E-state index in [0.29, 0.717) is 25.3 Å². The average molecular weight is 408 g/mol. The Morgan fingerprint density at radius 2 is 2.04 bits per heavy atom. The number of nitrogens with one attached hydrogen (secondary N) is 1. The molecule has 2 saturated heterocycles. The van der Waals surface area contributed by atoms with E-state index in [-0.39, 0.29) is 17.7 Å². The number of aryl methyl sites for hydroxylation is 1. The van der Waals surface area contributed by atoms with Crippen LogP contribution in [0.5, 0.6) is 0 Å². The Kier molecular flexibility index (Phi) is 7.88. The fourth-order valence-electron chi connectivity index (χ4n) is 3.53. The summed E-state index contributed by atoms with van der Waals surface area (Å²) in [6.07, 6.45) is 8.55. The standard InChI is InChI=1S/C20H29N3O2S2/c1-15-6-7-18(21-14-15)22-20(25)16-8-11-23(12-9-16)19(24)5-3-2-4-17-10-13-26-27-17/h6-7,14,16-17H,2-5,8-13H2,1H3,(H,21,22,25). The Balaban J connectivity index is 1.33. The molecule has 148 valence electrons. The van der Waals surface area contributed by atoms with Gasteiger partial charge in [0.2, 0.25) is 11.8 Å². The largest absolute Gasteiger partial charge is 0.343 e. The van der Waals surface area contributed by atoms with Crippen molar-refractivity contribution in [2.75, 3.05) is 24.2 Å². The van der Waals surface area contributed by atoms with Crippen molar-refractivity contribution in [2.24, 2.45) is 5.92 Å². The SMILES string of the molecule is Cc1ccc(NC(=O)C2CCN(C(=O)CCCCC3CCSS3)CC2)nc1. The van der Waals surface area contributed by atoms with Gasteiger partial charge in [-0.2, -0.15) is 0 Å². The van der Waals surface area contributed by atoms with Gasteiger partial charge in [0, 0.05) is 42.6 Å². The lowest BCUT2D eigenvalue weighted by Crippen LogP contribution is -2.41. The predicted molar refractivity (Wildman–Crippen MR) is 114 cm³/mol. The molecule has 1 aromatic heterocycles. The zero-order valence-corrected chi connectivity index (χ0v) is 17.6. The van der Waals surface area contributed by atoms with Crippen LogP contribution in [-0.2, 0) is 9.59 Å². The van der Waals surface area contributed by atoms with E-state index < -0.39 is 0 Å². The van der Waals surface area contributed by atoms with E-state index in [1.807, 2.05) is 45.5 Å². The molecule has 5 nitrogen and oxygen atoms in total. The molecule has 1 unspecified atom stereocenters. The lowest BCUT2D eigenvalue weighted by Gasteiger charge is -2.31. The summed E-state index contributed by atoms with van der Waals surface area (Å²) >= 11 is 0. The van der Waals surface area contributed by atoms with Gasteiger partial charge in [-0.1, -0.05) is 34.1 Å². The van der Waals surface area contributed by atoms with E-state index in [9.17, 15) is 9.59 Å². The minimum absolute atomic E-state index is 0.0189. The number of hydrogen-bond donors (Lipinski definition) is 1. The first-order valence-corrected chi connectivity index (χ1v) is 12.3. The van der Waals surface area contributed by atoms with E-state index in [1.54, 1.807) is 6.20 Å². The van der Waals surface area contributed by atoms with Gasteiger partial charge in [-0.25, -0.2) is 4.98 Å². The van der Waals surface area contributed by atoms with Gasteiger partial charge in [0.25, 0.3) is 0 Å². The highest BCUT2D eigenvalue weighted by atomic mass is 33.1. The molecular formula is C20H29N3O2S2. The highest BCUT2D eigenvalue weighted by Gasteiger charge is 2.27. The van der Waals surface area contributed by atoms with Crippen LogP contribution in [0.3, 0.4) is 0 Å². The zero-order valence-electron chi connectivity index (χ0n) is 16.0. The van der Waals surface area contributed by atoms with Crippen LogP contribution in [0, 0.1) is 12.8 Å². The van der Waals surface area contributed by atoms with E-state index in [4.69, 9.17) is 0 Å². The number of likely N-dealkylation sites (tertiary alicyclic amines) is 1. The number of nitrogens with zero attached hydrogens (tertiary/aromatic N) is 2. The molecule has 0 radical (unpaired) electrons. The molecule has 2 aliphatic heterocycles. The smallest absolute Gasteiger partial charge is 0.228 e. The van der Waals surface area contributed by atoms with Gasteiger partial charge >= 0.3 is 0 Å². The fraction of sp³-hybridized carbons (Fsp3) is 0.650. The van der Waals surface area contributed by atoms with E-state index in [2.05, 4.69) is 10.3 Å². The average Bonchev–Trinajstić information content (AvgIpc) is 3.20. The van der Waals surface area contributed by atoms with Gasteiger partial charge in [-0.15, -0.1) is 0 Å². The Hall–Kier alpha value is -1.21. The molecule has 0 saturated carbocycles. The second-order valence-corrected chi connectivity index (χ2v) is 10.2. The van der Waals surface area contributed by atoms with Crippen molar-refractivity contribution in [3.05, 3.63) is 23.9 Å². The molecule has 3 heterocycles. The summed E-state index contributed by atoms with van der Waals surface area (Å²) in [6.45, 7) is 3.35. The number of amides is 2. The molecular weight excluding hydrogens is 378 g/mol. The van der Waals surface area contributed by atoms with Gasteiger partial charge in [0.05, 0.1) is 0 Å². The molecule has 0 aromatic carbocycles. The first-order valence-electron chi connectivity index (χ1n) is 9.91. The number of carbonyl (C=O) groups is 2. The summed E-state index contributed by atoms with van der Waals surface area (Å²) in [5, 5.41) is 3.69. The third kappa shape index (κ3) is 6.42. The van der Waals surface area contributed by atoms with Crippen LogP contribution < -0.4 is 5.32 Å². The molecule has 1 atom stereocenters. The number of unbranched alkanes of at least 4 members (excludes halogenated alkanes) is 1. The number of carbonyl (C=O) groups excluding carboxylic acids is 2. The molecule has 7 heteroatoms. The highest BCUT2D eigenvalue weighted by molar-refractivity contribution is 8.77. The van der Waals surface area contributed by atoms with Gasteiger partial charge in [0.1, 0.15) is 5.82 Å². The Bertz CT molecular complexity index is 625. The number of piperidine rings is 1. The third-order valence-corrected chi connectivity index (χ3v) is 8.28. The monoisotopic (exact) mass is 407 g/mol. The van der Waals surface area contributed by atoms with Crippen molar-refractivity contribution in [2.45, 2.75) is 57.1 Å². The summed E-state index contributed by atoms with van der Waals surface area (Å²) in [5.74, 6) is 2.11. The molecule has 0 aliphatic carbocycles. The molecule has 27 heavy (non-hydrogen) atoms. The minimum Gasteiger partial charge on any atom is -0.343 e. The third-order valence-electron chi connectivity index (χ3n) is 5.28. The quantitative estimate of drug-likeness (QED) is 0.540. The first kappa shape index (κ1) is 20.5. The molecule has 1 aromatic rings. The van der Waals surface area contributed by atoms with Gasteiger partial charge < -0.3 is 10.2 Å². The molecule has 2 amide bonds. The Morgan fingerprint density at radius 3 is 2.70 bits per heavy atom. The van der Waals surface area contributed by atoms with Crippen molar-refractivity contribution >= 4 is 39.2 Å². The second kappa shape index (κ2) is 10.4. The van der Waals surface area contributed by atoms with Crippen molar-refractivity contribution < 1.29 is 9.59 Å². The number of hydrogen-bond acceptors (Lipinski definition) is 5. The van der Waals surface area contributed by atoms with E-state index in [1.165, 1.54) is 18.6 Å². The Labute approximate surface area is 169 Å².